The molecule has 0 bridgehead atoms. The van der Waals surface area contributed by atoms with Crippen molar-refractivity contribution in [3.8, 4) is 0 Å². The second-order valence-electron chi connectivity index (χ2n) is 5.73. The van der Waals surface area contributed by atoms with Crippen LogP contribution in [0.5, 0.6) is 0 Å². The number of amides is 3. The van der Waals surface area contributed by atoms with Gasteiger partial charge in [0.15, 0.2) is 0 Å². The number of benzene rings is 1. The molecule has 2 atom stereocenters. The van der Waals surface area contributed by atoms with E-state index in [9.17, 15) is 9.59 Å². The maximum absolute atomic E-state index is 12.1. The molecular formula is C16H21N3O3. The summed E-state index contributed by atoms with van der Waals surface area (Å²) >= 11 is 0. The standard InChI is InChI=1S/C16H21N3O3/c20-15-9-12(11-19(15)13-5-2-1-3-6-13)18-16(21)17-10-14-7-4-8-22-14/h1-3,5-6,12,14H,4,7-11H2,(H2,17,18,21)/t12-,14+/m0/s1. The summed E-state index contributed by atoms with van der Waals surface area (Å²) in [6, 6.07) is 9.13. The number of anilines is 1. The van der Waals surface area contributed by atoms with E-state index >= 15 is 0 Å². The van der Waals surface area contributed by atoms with Gasteiger partial charge in [-0.05, 0) is 25.0 Å². The lowest BCUT2D eigenvalue weighted by atomic mass is 10.2. The zero-order valence-corrected chi connectivity index (χ0v) is 12.5. The Labute approximate surface area is 129 Å². The highest BCUT2D eigenvalue weighted by Gasteiger charge is 2.31. The van der Waals surface area contributed by atoms with E-state index in [2.05, 4.69) is 10.6 Å². The lowest BCUT2D eigenvalue weighted by molar-refractivity contribution is -0.117. The number of nitrogens with zero attached hydrogens (tertiary/aromatic N) is 1. The van der Waals surface area contributed by atoms with Crippen molar-refractivity contribution in [2.24, 2.45) is 0 Å². The lowest BCUT2D eigenvalue weighted by Gasteiger charge is -2.18. The third kappa shape index (κ3) is 3.57. The van der Waals surface area contributed by atoms with Crippen molar-refractivity contribution >= 4 is 17.6 Å². The van der Waals surface area contributed by atoms with Crippen LogP contribution in [-0.4, -0.2) is 43.8 Å². The average Bonchev–Trinajstić information content (AvgIpc) is 3.16. The predicted octanol–water partition coefficient (Wildman–Crippen LogP) is 1.27. The van der Waals surface area contributed by atoms with Gasteiger partial charge in [-0.2, -0.15) is 0 Å². The summed E-state index contributed by atoms with van der Waals surface area (Å²) < 4.78 is 5.46. The first-order valence-corrected chi connectivity index (χ1v) is 7.74. The van der Waals surface area contributed by atoms with Crippen molar-refractivity contribution in [2.45, 2.75) is 31.4 Å². The van der Waals surface area contributed by atoms with Crippen LogP contribution in [-0.2, 0) is 9.53 Å². The Morgan fingerprint density at radius 1 is 1.32 bits per heavy atom. The zero-order valence-electron chi connectivity index (χ0n) is 12.5. The smallest absolute Gasteiger partial charge is 0.315 e. The number of hydrogen-bond donors (Lipinski definition) is 2. The number of hydrogen-bond acceptors (Lipinski definition) is 3. The second kappa shape index (κ2) is 6.79. The van der Waals surface area contributed by atoms with Crippen molar-refractivity contribution in [2.75, 3.05) is 24.6 Å². The molecule has 118 valence electrons. The number of rotatable bonds is 4. The first kappa shape index (κ1) is 14.8. The highest BCUT2D eigenvalue weighted by atomic mass is 16.5. The minimum Gasteiger partial charge on any atom is -0.376 e. The average molecular weight is 303 g/mol. The maximum atomic E-state index is 12.1. The van der Waals surface area contributed by atoms with Crippen LogP contribution in [0.2, 0.25) is 0 Å². The summed E-state index contributed by atoms with van der Waals surface area (Å²) in [6.07, 6.45) is 2.50. The Balaban J connectivity index is 1.47. The minimum atomic E-state index is -0.233. The van der Waals surface area contributed by atoms with E-state index in [0.29, 0.717) is 19.5 Å². The van der Waals surface area contributed by atoms with E-state index in [4.69, 9.17) is 4.74 Å². The zero-order chi connectivity index (χ0) is 15.4. The van der Waals surface area contributed by atoms with Crippen LogP contribution in [0.25, 0.3) is 0 Å². The van der Waals surface area contributed by atoms with E-state index in [0.717, 1.165) is 25.1 Å². The predicted molar refractivity (Wildman–Crippen MR) is 82.7 cm³/mol. The van der Waals surface area contributed by atoms with Crippen molar-refractivity contribution in [3.05, 3.63) is 30.3 Å². The first-order chi connectivity index (χ1) is 10.7. The van der Waals surface area contributed by atoms with E-state index in [1.807, 2.05) is 30.3 Å². The van der Waals surface area contributed by atoms with Gasteiger partial charge in [0.05, 0.1) is 12.1 Å². The number of nitrogens with one attached hydrogen (secondary N) is 2. The molecule has 6 heteroatoms. The van der Waals surface area contributed by atoms with Gasteiger partial charge in [0, 0.05) is 31.8 Å². The molecule has 0 radical (unpaired) electrons. The van der Waals surface area contributed by atoms with Gasteiger partial charge in [0.2, 0.25) is 5.91 Å². The molecule has 2 N–H and O–H groups in total. The van der Waals surface area contributed by atoms with Crippen LogP contribution in [0.3, 0.4) is 0 Å². The third-order valence-corrected chi connectivity index (χ3v) is 4.04. The summed E-state index contributed by atoms with van der Waals surface area (Å²) in [5.41, 5.74) is 0.872. The molecule has 3 rings (SSSR count). The molecule has 0 unspecified atom stereocenters. The second-order valence-corrected chi connectivity index (χ2v) is 5.73. The van der Waals surface area contributed by atoms with Gasteiger partial charge in [-0.1, -0.05) is 18.2 Å². The van der Waals surface area contributed by atoms with E-state index < -0.39 is 0 Å². The van der Waals surface area contributed by atoms with Gasteiger partial charge < -0.3 is 20.3 Å². The van der Waals surface area contributed by atoms with Crippen molar-refractivity contribution in [1.29, 1.82) is 0 Å². The Hall–Kier alpha value is -2.08. The molecule has 2 fully saturated rings. The maximum Gasteiger partial charge on any atom is 0.315 e. The molecule has 22 heavy (non-hydrogen) atoms. The number of carbonyl (C=O) groups is 2. The molecule has 0 aliphatic carbocycles. The first-order valence-electron chi connectivity index (χ1n) is 7.74. The summed E-state index contributed by atoms with van der Waals surface area (Å²) in [4.78, 5) is 25.7. The summed E-state index contributed by atoms with van der Waals surface area (Å²) in [6.45, 7) is 1.81. The summed E-state index contributed by atoms with van der Waals surface area (Å²) in [7, 11) is 0. The van der Waals surface area contributed by atoms with Crippen molar-refractivity contribution in [3.63, 3.8) is 0 Å². The quantitative estimate of drug-likeness (QED) is 0.880. The molecule has 6 nitrogen and oxygen atoms in total. The van der Waals surface area contributed by atoms with Gasteiger partial charge >= 0.3 is 6.03 Å². The number of carbonyl (C=O) groups excluding carboxylic acids is 2. The highest BCUT2D eigenvalue weighted by molar-refractivity contribution is 5.96. The van der Waals surface area contributed by atoms with Crippen molar-refractivity contribution in [1.82, 2.24) is 10.6 Å². The number of urea groups is 1. The summed E-state index contributed by atoms with van der Waals surface area (Å²) in [5.74, 6) is 0.0376. The molecule has 0 saturated carbocycles. The Morgan fingerprint density at radius 2 is 2.14 bits per heavy atom. The molecular weight excluding hydrogens is 282 g/mol. The summed E-state index contributed by atoms with van der Waals surface area (Å²) in [5, 5.41) is 5.68. The lowest BCUT2D eigenvalue weighted by Crippen LogP contribution is -2.45. The highest BCUT2D eigenvalue weighted by Crippen LogP contribution is 2.20. The minimum absolute atomic E-state index is 0.0376. The normalized spacial score (nSPS) is 24.5. The van der Waals surface area contributed by atoms with Gasteiger partial charge in [-0.25, -0.2) is 4.79 Å². The van der Waals surface area contributed by atoms with Gasteiger partial charge in [-0.15, -0.1) is 0 Å². The molecule has 2 aliphatic rings. The molecule has 1 aromatic carbocycles. The van der Waals surface area contributed by atoms with Crippen LogP contribution < -0.4 is 15.5 Å². The van der Waals surface area contributed by atoms with Crippen LogP contribution in [0.1, 0.15) is 19.3 Å². The van der Waals surface area contributed by atoms with Crippen LogP contribution in [0.4, 0.5) is 10.5 Å². The fourth-order valence-electron chi connectivity index (χ4n) is 2.91. The molecule has 0 aromatic heterocycles. The molecule has 2 saturated heterocycles. The molecule has 3 amide bonds. The van der Waals surface area contributed by atoms with Gasteiger partial charge in [-0.3, -0.25) is 4.79 Å². The van der Waals surface area contributed by atoms with E-state index in [1.165, 1.54) is 0 Å². The largest absolute Gasteiger partial charge is 0.376 e. The number of para-hydroxylation sites is 1. The van der Waals surface area contributed by atoms with Crippen LogP contribution in [0.15, 0.2) is 30.3 Å². The SMILES string of the molecule is O=C(NC[C@H]1CCCO1)N[C@H]1CC(=O)N(c2ccccc2)C1. The van der Waals surface area contributed by atoms with Crippen LogP contribution in [0, 0.1) is 0 Å². The monoisotopic (exact) mass is 303 g/mol. The van der Waals surface area contributed by atoms with Gasteiger partial charge in [0.25, 0.3) is 0 Å². The Morgan fingerprint density at radius 3 is 2.86 bits per heavy atom. The van der Waals surface area contributed by atoms with E-state index in [-0.39, 0.29) is 24.1 Å². The third-order valence-electron chi connectivity index (χ3n) is 4.04. The Bertz CT molecular complexity index is 529. The molecule has 1 aromatic rings. The van der Waals surface area contributed by atoms with Gasteiger partial charge in [0.1, 0.15) is 0 Å². The fourth-order valence-corrected chi connectivity index (χ4v) is 2.91. The molecule has 2 aliphatic heterocycles. The fraction of sp³-hybridized carbons (Fsp3) is 0.500. The topological polar surface area (TPSA) is 70.7 Å². The molecule has 0 spiro atoms. The number of ether oxygens (including phenoxy) is 1. The Kier molecular flexibility index (Phi) is 4.58. The van der Waals surface area contributed by atoms with E-state index in [1.54, 1.807) is 4.90 Å². The molecule has 2 heterocycles. The van der Waals surface area contributed by atoms with Crippen molar-refractivity contribution < 1.29 is 14.3 Å². The van der Waals surface area contributed by atoms with Crippen LogP contribution >= 0.6 is 0 Å².